The van der Waals surface area contributed by atoms with Gasteiger partial charge in [-0.3, -0.25) is 14.9 Å². The topological polar surface area (TPSA) is 97.0 Å². The number of benzene rings is 3. The highest BCUT2D eigenvalue weighted by molar-refractivity contribution is 6.31. The van der Waals surface area contributed by atoms with Gasteiger partial charge in [0.2, 0.25) is 0 Å². The molecular weight excluding hydrogens is 368 g/mol. The minimum Gasteiger partial charge on any atom is -0.322 e. The van der Waals surface area contributed by atoms with Gasteiger partial charge in [0.15, 0.2) is 0 Å². The second kappa shape index (κ2) is 8.20. The molecule has 0 saturated carbocycles. The summed E-state index contributed by atoms with van der Waals surface area (Å²) in [5, 5.41) is 22.1. The second-order valence-electron chi connectivity index (χ2n) is 5.46. The Morgan fingerprint density at radius 1 is 0.926 bits per heavy atom. The van der Waals surface area contributed by atoms with Crippen LogP contribution in [0.25, 0.3) is 0 Å². The van der Waals surface area contributed by atoms with Crippen LogP contribution in [-0.4, -0.2) is 10.8 Å². The van der Waals surface area contributed by atoms with Crippen LogP contribution in [0, 0.1) is 10.1 Å². The fraction of sp³-hybridized carbons (Fsp3) is 0. The summed E-state index contributed by atoms with van der Waals surface area (Å²) in [6.07, 6.45) is 0. The van der Waals surface area contributed by atoms with E-state index in [-0.39, 0.29) is 16.3 Å². The number of anilines is 1. The molecule has 0 spiro atoms. The van der Waals surface area contributed by atoms with Gasteiger partial charge >= 0.3 is 0 Å². The molecule has 0 unspecified atom stereocenters. The molecule has 3 rings (SSSR count). The average molecular weight is 381 g/mol. The number of nitro groups is 1. The Hall–Kier alpha value is -3.58. The Morgan fingerprint density at radius 3 is 2.19 bits per heavy atom. The first-order chi connectivity index (χ1) is 13.0. The standard InChI is InChI=1S/C19H13ClN4O3/c20-13-6-11-18(24(26)27)17(12-13)19(25)21-14-7-9-16(10-8-14)23-22-15-4-2-1-3-5-15/h1-12H,(H,21,25). The number of hydrogen-bond acceptors (Lipinski definition) is 5. The monoisotopic (exact) mass is 380 g/mol. The molecule has 0 aliphatic rings. The predicted molar refractivity (Wildman–Crippen MR) is 103 cm³/mol. The normalized spacial score (nSPS) is 10.7. The van der Waals surface area contributed by atoms with Crippen molar-refractivity contribution in [3.05, 3.63) is 93.5 Å². The molecule has 0 fully saturated rings. The van der Waals surface area contributed by atoms with Crippen LogP contribution >= 0.6 is 11.6 Å². The Balaban J connectivity index is 1.73. The molecule has 0 aliphatic heterocycles. The zero-order chi connectivity index (χ0) is 19.2. The SMILES string of the molecule is O=C(Nc1ccc(N=Nc2ccccc2)cc1)c1cc(Cl)ccc1[N+](=O)[O-]. The van der Waals surface area contributed by atoms with Crippen molar-refractivity contribution in [3.8, 4) is 0 Å². The minimum absolute atomic E-state index is 0.111. The maximum atomic E-state index is 12.4. The molecule has 3 aromatic carbocycles. The van der Waals surface area contributed by atoms with E-state index in [1.165, 1.54) is 18.2 Å². The average Bonchev–Trinajstić information content (AvgIpc) is 2.68. The molecule has 1 amide bonds. The van der Waals surface area contributed by atoms with Crippen LogP contribution in [0.3, 0.4) is 0 Å². The van der Waals surface area contributed by atoms with Crippen LogP contribution in [0.4, 0.5) is 22.7 Å². The van der Waals surface area contributed by atoms with Crippen LogP contribution in [0.15, 0.2) is 83.0 Å². The van der Waals surface area contributed by atoms with Gasteiger partial charge in [-0.15, -0.1) is 0 Å². The molecular formula is C19H13ClN4O3. The number of carbonyl (C=O) groups excluding carboxylic acids is 1. The Bertz CT molecular complexity index is 1010. The van der Waals surface area contributed by atoms with Crippen molar-refractivity contribution >= 4 is 40.3 Å². The first kappa shape index (κ1) is 18.2. The van der Waals surface area contributed by atoms with Gasteiger partial charge in [-0.1, -0.05) is 29.8 Å². The molecule has 0 saturated heterocycles. The Kier molecular flexibility index (Phi) is 5.53. The first-order valence-corrected chi connectivity index (χ1v) is 8.23. The van der Waals surface area contributed by atoms with Gasteiger partial charge in [0.05, 0.1) is 16.3 Å². The maximum Gasteiger partial charge on any atom is 0.282 e. The third kappa shape index (κ3) is 4.74. The molecule has 0 aliphatic carbocycles. The molecule has 0 aromatic heterocycles. The van der Waals surface area contributed by atoms with Crippen LogP contribution < -0.4 is 5.32 Å². The first-order valence-electron chi connectivity index (χ1n) is 7.85. The van der Waals surface area contributed by atoms with Gasteiger partial charge in [0, 0.05) is 16.8 Å². The number of azo groups is 1. The van der Waals surface area contributed by atoms with Crippen LogP contribution in [0.2, 0.25) is 5.02 Å². The predicted octanol–water partition coefficient (Wildman–Crippen LogP) is 5.92. The van der Waals surface area contributed by atoms with E-state index < -0.39 is 10.8 Å². The van der Waals surface area contributed by atoms with Crippen molar-refractivity contribution < 1.29 is 9.72 Å². The summed E-state index contributed by atoms with van der Waals surface area (Å²) in [6, 6.07) is 19.7. The highest BCUT2D eigenvalue weighted by Gasteiger charge is 2.20. The molecule has 27 heavy (non-hydrogen) atoms. The van der Waals surface area contributed by atoms with Gasteiger partial charge in [0.1, 0.15) is 5.56 Å². The fourth-order valence-electron chi connectivity index (χ4n) is 2.27. The summed E-state index contributed by atoms with van der Waals surface area (Å²) < 4.78 is 0. The summed E-state index contributed by atoms with van der Waals surface area (Å²) in [4.78, 5) is 22.8. The molecule has 0 bridgehead atoms. The van der Waals surface area contributed by atoms with E-state index in [4.69, 9.17) is 11.6 Å². The van der Waals surface area contributed by atoms with Crippen molar-refractivity contribution in [3.63, 3.8) is 0 Å². The Morgan fingerprint density at radius 2 is 1.56 bits per heavy atom. The number of halogens is 1. The summed E-state index contributed by atoms with van der Waals surface area (Å²) in [6.45, 7) is 0. The lowest BCUT2D eigenvalue weighted by Crippen LogP contribution is -2.13. The van der Waals surface area contributed by atoms with E-state index in [9.17, 15) is 14.9 Å². The summed E-state index contributed by atoms with van der Waals surface area (Å²) in [5.74, 6) is -0.622. The van der Waals surface area contributed by atoms with E-state index in [2.05, 4.69) is 15.5 Å². The van der Waals surface area contributed by atoms with Crippen molar-refractivity contribution in [2.75, 3.05) is 5.32 Å². The lowest BCUT2D eigenvalue weighted by Gasteiger charge is -2.06. The molecule has 0 heterocycles. The minimum atomic E-state index is -0.627. The van der Waals surface area contributed by atoms with E-state index in [0.29, 0.717) is 11.4 Å². The number of rotatable bonds is 5. The molecule has 134 valence electrons. The van der Waals surface area contributed by atoms with E-state index in [0.717, 1.165) is 5.69 Å². The highest BCUT2D eigenvalue weighted by atomic mass is 35.5. The van der Waals surface area contributed by atoms with Gasteiger partial charge in [-0.2, -0.15) is 10.2 Å². The molecule has 7 nitrogen and oxygen atoms in total. The quantitative estimate of drug-likeness (QED) is 0.338. The summed E-state index contributed by atoms with van der Waals surface area (Å²) in [7, 11) is 0. The Labute approximate surface area is 159 Å². The number of nitro benzene ring substituents is 1. The lowest BCUT2D eigenvalue weighted by atomic mass is 10.1. The highest BCUT2D eigenvalue weighted by Crippen LogP contribution is 2.25. The van der Waals surface area contributed by atoms with Crippen LogP contribution in [-0.2, 0) is 0 Å². The van der Waals surface area contributed by atoms with Gasteiger partial charge in [0.25, 0.3) is 11.6 Å². The zero-order valence-electron chi connectivity index (χ0n) is 13.9. The lowest BCUT2D eigenvalue weighted by molar-refractivity contribution is -0.385. The van der Waals surface area contributed by atoms with Gasteiger partial charge in [-0.05, 0) is 48.5 Å². The van der Waals surface area contributed by atoms with E-state index in [1.807, 2.05) is 30.3 Å². The van der Waals surface area contributed by atoms with E-state index >= 15 is 0 Å². The summed E-state index contributed by atoms with van der Waals surface area (Å²) in [5.41, 5.74) is 1.37. The number of nitrogens with one attached hydrogen (secondary N) is 1. The number of carbonyl (C=O) groups is 1. The van der Waals surface area contributed by atoms with E-state index in [1.54, 1.807) is 24.3 Å². The summed E-state index contributed by atoms with van der Waals surface area (Å²) >= 11 is 5.85. The number of hydrogen-bond donors (Lipinski definition) is 1. The molecule has 8 heteroatoms. The second-order valence-corrected chi connectivity index (χ2v) is 5.89. The van der Waals surface area contributed by atoms with Crippen molar-refractivity contribution in [1.82, 2.24) is 0 Å². The van der Waals surface area contributed by atoms with Gasteiger partial charge in [-0.25, -0.2) is 0 Å². The molecule has 1 N–H and O–H groups in total. The van der Waals surface area contributed by atoms with Crippen molar-refractivity contribution in [2.45, 2.75) is 0 Å². The third-order valence-electron chi connectivity index (χ3n) is 3.56. The number of amides is 1. The largest absolute Gasteiger partial charge is 0.322 e. The van der Waals surface area contributed by atoms with Gasteiger partial charge < -0.3 is 5.32 Å². The van der Waals surface area contributed by atoms with Crippen molar-refractivity contribution in [2.24, 2.45) is 10.2 Å². The number of nitrogens with zero attached hydrogens (tertiary/aromatic N) is 3. The zero-order valence-corrected chi connectivity index (χ0v) is 14.6. The fourth-order valence-corrected chi connectivity index (χ4v) is 2.44. The molecule has 0 atom stereocenters. The smallest absolute Gasteiger partial charge is 0.282 e. The molecule has 0 radical (unpaired) electrons. The van der Waals surface area contributed by atoms with Crippen molar-refractivity contribution in [1.29, 1.82) is 0 Å². The third-order valence-corrected chi connectivity index (χ3v) is 3.80. The molecule has 3 aromatic rings. The van der Waals surface area contributed by atoms with Crippen LogP contribution in [0.1, 0.15) is 10.4 Å². The van der Waals surface area contributed by atoms with Crippen LogP contribution in [0.5, 0.6) is 0 Å². The maximum absolute atomic E-state index is 12.4.